The highest BCUT2D eigenvalue weighted by atomic mass is 35.5. The van der Waals surface area contributed by atoms with Crippen LogP contribution in [0.5, 0.6) is 5.75 Å². The first-order valence-corrected chi connectivity index (χ1v) is 6.44. The lowest BCUT2D eigenvalue weighted by atomic mass is 10.1. The summed E-state index contributed by atoms with van der Waals surface area (Å²) in [4.78, 5) is 11.1. The van der Waals surface area contributed by atoms with Crippen LogP contribution in [0.4, 0.5) is 5.69 Å². The highest BCUT2D eigenvalue weighted by Crippen LogP contribution is 2.27. The molecule has 0 aliphatic carbocycles. The molecular weight excluding hydrogens is 276 g/mol. The Morgan fingerprint density at radius 2 is 2.10 bits per heavy atom. The van der Waals surface area contributed by atoms with Gasteiger partial charge in [-0.15, -0.1) is 0 Å². The molecule has 0 saturated carbocycles. The predicted molar refractivity (Wildman–Crippen MR) is 80.3 cm³/mol. The van der Waals surface area contributed by atoms with Crippen molar-refractivity contribution in [3.63, 3.8) is 0 Å². The van der Waals surface area contributed by atoms with Crippen molar-refractivity contribution in [1.29, 1.82) is 0 Å². The third-order valence-corrected chi connectivity index (χ3v) is 3.20. The van der Waals surface area contributed by atoms with Gasteiger partial charge in [0, 0.05) is 18.2 Å². The van der Waals surface area contributed by atoms with E-state index in [4.69, 9.17) is 22.1 Å². The number of nitrogens with two attached hydrogens (primary N) is 1. The molecular formula is C15H15ClN2O2. The molecule has 0 unspecified atom stereocenters. The second kappa shape index (κ2) is 6.30. The van der Waals surface area contributed by atoms with E-state index in [1.165, 1.54) is 0 Å². The van der Waals surface area contributed by atoms with E-state index >= 15 is 0 Å². The minimum absolute atomic E-state index is 0.439. The lowest BCUT2D eigenvalue weighted by molar-refractivity contribution is 0.1000. The zero-order valence-electron chi connectivity index (χ0n) is 11.0. The number of rotatable bonds is 5. The number of primary amides is 1. The smallest absolute Gasteiger partial charge is 0.248 e. The SMILES string of the molecule is COc1ccc(Cl)c(NCc2cccc(C(N)=O)c2)c1. The molecule has 0 aliphatic heterocycles. The summed E-state index contributed by atoms with van der Waals surface area (Å²) in [6.45, 7) is 0.536. The summed E-state index contributed by atoms with van der Waals surface area (Å²) >= 11 is 6.11. The fraction of sp³-hybridized carbons (Fsp3) is 0.133. The Morgan fingerprint density at radius 1 is 1.30 bits per heavy atom. The van der Waals surface area contributed by atoms with E-state index in [0.29, 0.717) is 17.1 Å². The maximum absolute atomic E-state index is 11.1. The van der Waals surface area contributed by atoms with Gasteiger partial charge in [0.2, 0.25) is 5.91 Å². The Hall–Kier alpha value is -2.20. The van der Waals surface area contributed by atoms with Gasteiger partial charge in [-0.1, -0.05) is 23.7 Å². The molecule has 2 aromatic rings. The van der Waals surface area contributed by atoms with Crippen molar-refractivity contribution in [2.24, 2.45) is 5.73 Å². The standard InChI is InChI=1S/C15H15ClN2O2/c1-20-12-5-6-13(16)14(8-12)18-9-10-3-2-4-11(7-10)15(17)19/h2-8,18H,9H2,1H3,(H2,17,19). The van der Waals surface area contributed by atoms with E-state index in [0.717, 1.165) is 17.0 Å². The van der Waals surface area contributed by atoms with Gasteiger partial charge >= 0.3 is 0 Å². The van der Waals surface area contributed by atoms with Crippen molar-refractivity contribution in [2.45, 2.75) is 6.54 Å². The van der Waals surface area contributed by atoms with Crippen LogP contribution in [-0.4, -0.2) is 13.0 Å². The number of hydrogen-bond acceptors (Lipinski definition) is 3. The maximum atomic E-state index is 11.1. The van der Waals surface area contributed by atoms with Gasteiger partial charge in [-0.3, -0.25) is 4.79 Å². The zero-order valence-corrected chi connectivity index (χ0v) is 11.8. The quantitative estimate of drug-likeness (QED) is 0.889. The first kappa shape index (κ1) is 14.2. The number of hydrogen-bond donors (Lipinski definition) is 2. The van der Waals surface area contributed by atoms with Gasteiger partial charge < -0.3 is 15.8 Å². The van der Waals surface area contributed by atoms with Crippen LogP contribution in [-0.2, 0) is 6.54 Å². The predicted octanol–water partition coefficient (Wildman–Crippen LogP) is 3.06. The van der Waals surface area contributed by atoms with Crippen LogP contribution in [0.1, 0.15) is 15.9 Å². The number of halogens is 1. The van der Waals surface area contributed by atoms with Crippen LogP contribution in [0.2, 0.25) is 5.02 Å². The molecule has 2 aromatic carbocycles. The van der Waals surface area contributed by atoms with Crippen molar-refractivity contribution >= 4 is 23.2 Å². The zero-order chi connectivity index (χ0) is 14.5. The molecule has 20 heavy (non-hydrogen) atoms. The first-order valence-electron chi connectivity index (χ1n) is 6.06. The lowest BCUT2D eigenvalue weighted by Gasteiger charge is -2.10. The molecule has 0 aromatic heterocycles. The molecule has 0 bridgehead atoms. The van der Waals surface area contributed by atoms with E-state index in [1.54, 1.807) is 37.4 Å². The molecule has 0 fully saturated rings. The molecule has 0 aliphatic rings. The monoisotopic (exact) mass is 290 g/mol. The van der Waals surface area contributed by atoms with Crippen molar-refractivity contribution < 1.29 is 9.53 Å². The number of benzene rings is 2. The summed E-state index contributed by atoms with van der Waals surface area (Å²) in [5, 5.41) is 3.81. The number of anilines is 1. The molecule has 0 atom stereocenters. The van der Waals surface area contributed by atoms with Crippen molar-refractivity contribution in [1.82, 2.24) is 0 Å². The molecule has 5 heteroatoms. The molecule has 3 N–H and O–H groups in total. The summed E-state index contributed by atoms with van der Waals surface area (Å²) < 4.78 is 5.15. The third-order valence-electron chi connectivity index (χ3n) is 2.87. The molecule has 2 rings (SSSR count). The minimum Gasteiger partial charge on any atom is -0.497 e. The van der Waals surface area contributed by atoms with E-state index < -0.39 is 5.91 Å². The van der Waals surface area contributed by atoms with Gasteiger partial charge in [0.15, 0.2) is 0 Å². The Kier molecular flexibility index (Phi) is 4.48. The van der Waals surface area contributed by atoms with Gasteiger partial charge in [0.1, 0.15) is 5.75 Å². The minimum atomic E-state index is -0.439. The summed E-state index contributed by atoms with van der Waals surface area (Å²) in [5.74, 6) is 0.286. The average molecular weight is 291 g/mol. The van der Waals surface area contributed by atoms with Gasteiger partial charge in [0.05, 0.1) is 17.8 Å². The molecule has 1 amide bonds. The second-order valence-electron chi connectivity index (χ2n) is 4.26. The lowest BCUT2D eigenvalue weighted by Crippen LogP contribution is -2.11. The summed E-state index contributed by atoms with van der Waals surface area (Å²) in [6, 6.07) is 12.5. The largest absolute Gasteiger partial charge is 0.497 e. The highest BCUT2D eigenvalue weighted by Gasteiger charge is 2.04. The fourth-order valence-electron chi connectivity index (χ4n) is 1.80. The summed E-state index contributed by atoms with van der Waals surface area (Å²) in [6.07, 6.45) is 0. The summed E-state index contributed by atoms with van der Waals surface area (Å²) in [7, 11) is 1.60. The number of amides is 1. The number of ether oxygens (including phenoxy) is 1. The molecule has 0 saturated heterocycles. The van der Waals surface area contributed by atoms with Gasteiger partial charge in [-0.25, -0.2) is 0 Å². The first-order chi connectivity index (χ1) is 9.60. The van der Waals surface area contributed by atoms with Gasteiger partial charge in [-0.05, 0) is 29.8 Å². The number of carbonyl (C=O) groups is 1. The van der Waals surface area contributed by atoms with Crippen LogP contribution in [0.3, 0.4) is 0 Å². The average Bonchev–Trinajstić information content (AvgIpc) is 2.46. The Balaban J connectivity index is 2.12. The molecule has 104 valence electrons. The van der Waals surface area contributed by atoms with Crippen molar-refractivity contribution in [3.05, 3.63) is 58.6 Å². The van der Waals surface area contributed by atoms with Crippen molar-refractivity contribution in [3.8, 4) is 5.75 Å². The fourth-order valence-corrected chi connectivity index (χ4v) is 1.98. The molecule has 0 radical (unpaired) electrons. The molecule has 0 heterocycles. The summed E-state index contributed by atoms with van der Waals surface area (Å²) in [5.41, 5.74) is 7.46. The van der Waals surface area contributed by atoms with E-state index in [2.05, 4.69) is 5.32 Å². The van der Waals surface area contributed by atoms with Crippen LogP contribution in [0, 0.1) is 0 Å². The van der Waals surface area contributed by atoms with Crippen LogP contribution in [0.15, 0.2) is 42.5 Å². The van der Waals surface area contributed by atoms with Gasteiger partial charge in [0.25, 0.3) is 0 Å². The maximum Gasteiger partial charge on any atom is 0.248 e. The van der Waals surface area contributed by atoms with Crippen molar-refractivity contribution in [2.75, 3.05) is 12.4 Å². The second-order valence-corrected chi connectivity index (χ2v) is 4.67. The van der Waals surface area contributed by atoms with Crippen LogP contribution >= 0.6 is 11.6 Å². The molecule has 4 nitrogen and oxygen atoms in total. The number of methoxy groups -OCH3 is 1. The Bertz CT molecular complexity index is 629. The normalized spacial score (nSPS) is 10.1. The Labute approximate surface area is 122 Å². The third kappa shape index (κ3) is 3.42. The van der Waals surface area contributed by atoms with E-state index in [1.807, 2.05) is 12.1 Å². The number of nitrogens with one attached hydrogen (secondary N) is 1. The van der Waals surface area contributed by atoms with Crippen LogP contribution < -0.4 is 15.8 Å². The Morgan fingerprint density at radius 3 is 2.80 bits per heavy atom. The molecule has 0 spiro atoms. The van der Waals surface area contributed by atoms with Crippen LogP contribution in [0.25, 0.3) is 0 Å². The topological polar surface area (TPSA) is 64.3 Å². The number of carbonyl (C=O) groups excluding carboxylic acids is 1. The van der Waals surface area contributed by atoms with E-state index in [-0.39, 0.29) is 0 Å². The van der Waals surface area contributed by atoms with Gasteiger partial charge in [-0.2, -0.15) is 0 Å². The highest BCUT2D eigenvalue weighted by molar-refractivity contribution is 6.33. The van der Waals surface area contributed by atoms with E-state index in [9.17, 15) is 4.79 Å².